The summed E-state index contributed by atoms with van der Waals surface area (Å²) in [7, 11) is -4.06. The number of carbonyl (C=O) groups is 1. The Hall–Kier alpha value is -2.68. The van der Waals surface area contributed by atoms with E-state index in [1.807, 2.05) is 4.72 Å². The summed E-state index contributed by atoms with van der Waals surface area (Å²) >= 11 is 0. The smallest absolute Gasteiger partial charge is 0.411 e. The first-order valence-corrected chi connectivity index (χ1v) is 8.32. The van der Waals surface area contributed by atoms with E-state index in [9.17, 15) is 22.0 Å². The lowest BCUT2D eigenvalue weighted by Gasteiger charge is -2.10. The molecule has 0 fully saturated rings. The van der Waals surface area contributed by atoms with Gasteiger partial charge in [0.2, 0.25) is 0 Å². The number of hydrogen-bond acceptors (Lipinski definition) is 4. The molecule has 0 radical (unpaired) electrons. The fraction of sp³-hybridized carbons (Fsp3) is 0.133. The molecule has 0 heterocycles. The maximum absolute atomic E-state index is 13.5. The molecular weight excluding hydrogens is 342 g/mol. The third kappa shape index (κ3) is 4.42. The maximum Gasteiger partial charge on any atom is 0.411 e. The van der Waals surface area contributed by atoms with Gasteiger partial charge in [0.25, 0.3) is 10.0 Å². The first-order chi connectivity index (χ1) is 11.3. The second kappa shape index (κ2) is 7.26. The molecule has 2 aromatic rings. The van der Waals surface area contributed by atoms with Crippen LogP contribution in [0.25, 0.3) is 0 Å². The number of ether oxygens (including phenoxy) is 1. The van der Waals surface area contributed by atoms with Gasteiger partial charge in [0.1, 0.15) is 11.6 Å². The summed E-state index contributed by atoms with van der Waals surface area (Å²) in [6, 6.07) is 7.66. The summed E-state index contributed by atoms with van der Waals surface area (Å²) in [5, 5.41) is 2.41. The van der Waals surface area contributed by atoms with E-state index in [1.54, 1.807) is 6.92 Å². The van der Waals surface area contributed by atoms with Gasteiger partial charge in [-0.25, -0.2) is 22.0 Å². The zero-order valence-electron chi connectivity index (χ0n) is 12.5. The lowest BCUT2D eigenvalue weighted by molar-refractivity contribution is 0.168. The number of carbonyl (C=O) groups excluding carboxylic acids is 1. The number of anilines is 2. The number of halogens is 2. The highest BCUT2D eigenvalue weighted by molar-refractivity contribution is 7.92. The minimum Gasteiger partial charge on any atom is -0.450 e. The number of benzene rings is 2. The standard InChI is InChI=1S/C15H14F2N2O4S/c1-2-23-15(20)18-11-4-6-12(7-5-11)24(21,22)19-14-8-3-10(16)9-13(14)17/h3-9,19H,2H2,1H3,(H,18,20). The lowest BCUT2D eigenvalue weighted by atomic mass is 10.3. The average molecular weight is 356 g/mol. The van der Waals surface area contributed by atoms with Gasteiger partial charge in [0.15, 0.2) is 0 Å². The number of hydrogen-bond donors (Lipinski definition) is 2. The van der Waals surface area contributed by atoms with Crippen LogP contribution in [0.4, 0.5) is 25.0 Å². The highest BCUT2D eigenvalue weighted by Gasteiger charge is 2.17. The van der Waals surface area contributed by atoms with Crippen molar-refractivity contribution in [3.05, 3.63) is 54.1 Å². The summed E-state index contributed by atoms with van der Waals surface area (Å²) in [6.45, 7) is 1.85. The fourth-order valence-electron chi connectivity index (χ4n) is 1.78. The molecule has 0 aliphatic heterocycles. The van der Waals surface area contributed by atoms with Crippen LogP contribution in [0.3, 0.4) is 0 Å². The van der Waals surface area contributed by atoms with E-state index < -0.39 is 27.8 Å². The van der Waals surface area contributed by atoms with Crippen LogP contribution >= 0.6 is 0 Å². The number of nitrogens with one attached hydrogen (secondary N) is 2. The monoisotopic (exact) mass is 356 g/mol. The Morgan fingerprint density at radius 3 is 2.38 bits per heavy atom. The van der Waals surface area contributed by atoms with Crippen LogP contribution in [0.5, 0.6) is 0 Å². The molecule has 2 N–H and O–H groups in total. The Bertz CT molecular complexity index is 839. The lowest BCUT2D eigenvalue weighted by Crippen LogP contribution is -2.15. The predicted octanol–water partition coefficient (Wildman–Crippen LogP) is 3.33. The van der Waals surface area contributed by atoms with Gasteiger partial charge in [-0.2, -0.15) is 0 Å². The number of rotatable bonds is 5. The molecule has 0 saturated heterocycles. The van der Waals surface area contributed by atoms with E-state index in [-0.39, 0.29) is 17.2 Å². The second-order valence-electron chi connectivity index (χ2n) is 4.60. The third-order valence-corrected chi connectivity index (χ3v) is 4.24. The van der Waals surface area contributed by atoms with Crippen molar-refractivity contribution in [1.29, 1.82) is 0 Å². The van der Waals surface area contributed by atoms with Gasteiger partial charge >= 0.3 is 6.09 Å². The van der Waals surface area contributed by atoms with Crippen LogP contribution < -0.4 is 10.0 Å². The zero-order valence-corrected chi connectivity index (χ0v) is 13.4. The van der Waals surface area contributed by atoms with Crippen molar-refractivity contribution in [2.75, 3.05) is 16.6 Å². The van der Waals surface area contributed by atoms with Crippen LogP contribution in [-0.2, 0) is 14.8 Å². The number of amides is 1. The predicted molar refractivity (Wildman–Crippen MR) is 84.3 cm³/mol. The highest BCUT2D eigenvalue weighted by Crippen LogP contribution is 2.21. The average Bonchev–Trinajstić information content (AvgIpc) is 2.51. The number of sulfonamides is 1. The molecule has 24 heavy (non-hydrogen) atoms. The van der Waals surface area contributed by atoms with E-state index >= 15 is 0 Å². The third-order valence-electron chi connectivity index (χ3n) is 2.86. The molecule has 2 aromatic carbocycles. The zero-order chi connectivity index (χ0) is 17.7. The van der Waals surface area contributed by atoms with E-state index in [2.05, 4.69) is 5.32 Å². The van der Waals surface area contributed by atoms with Crippen molar-refractivity contribution < 1.29 is 26.7 Å². The van der Waals surface area contributed by atoms with Crippen LogP contribution in [-0.4, -0.2) is 21.1 Å². The maximum atomic E-state index is 13.5. The molecule has 2 rings (SSSR count). The normalized spacial score (nSPS) is 11.0. The summed E-state index contributed by atoms with van der Waals surface area (Å²) in [5.41, 5.74) is -0.0366. The molecule has 0 aliphatic rings. The Kier molecular flexibility index (Phi) is 5.35. The summed E-state index contributed by atoms with van der Waals surface area (Å²) in [4.78, 5) is 11.1. The minimum absolute atomic E-state index is 0.152. The largest absolute Gasteiger partial charge is 0.450 e. The molecule has 0 unspecified atom stereocenters. The molecular formula is C15H14F2N2O4S. The van der Waals surface area contributed by atoms with Crippen molar-refractivity contribution in [3.8, 4) is 0 Å². The van der Waals surface area contributed by atoms with Crippen molar-refractivity contribution in [3.63, 3.8) is 0 Å². The SMILES string of the molecule is CCOC(=O)Nc1ccc(S(=O)(=O)Nc2ccc(F)cc2F)cc1. The molecule has 9 heteroatoms. The fourth-order valence-corrected chi connectivity index (χ4v) is 2.85. The van der Waals surface area contributed by atoms with Gasteiger partial charge in [0, 0.05) is 11.8 Å². The highest BCUT2D eigenvalue weighted by atomic mass is 32.2. The summed E-state index contributed by atoms with van der Waals surface area (Å²) in [5.74, 6) is -1.84. The molecule has 1 amide bonds. The van der Waals surface area contributed by atoms with Crippen LogP contribution in [0.1, 0.15) is 6.92 Å². The first-order valence-electron chi connectivity index (χ1n) is 6.83. The molecule has 0 bridgehead atoms. The quantitative estimate of drug-likeness (QED) is 0.861. The Balaban J connectivity index is 2.16. The van der Waals surface area contributed by atoms with Gasteiger partial charge in [-0.3, -0.25) is 10.0 Å². The van der Waals surface area contributed by atoms with Gasteiger partial charge in [-0.15, -0.1) is 0 Å². The Morgan fingerprint density at radius 2 is 1.79 bits per heavy atom. The van der Waals surface area contributed by atoms with E-state index in [0.29, 0.717) is 11.8 Å². The molecule has 0 aromatic heterocycles. The van der Waals surface area contributed by atoms with E-state index in [4.69, 9.17) is 4.74 Å². The van der Waals surface area contributed by atoms with Gasteiger partial charge in [0.05, 0.1) is 17.2 Å². The second-order valence-corrected chi connectivity index (χ2v) is 6.28. The van der Waals surface area contributed by atoms with Crippen molar-refractivity contribution in [2.24, 2.45) is 0 Å². The summed E-state index contributed by atoms with van der Waals surface area (Å²) in [6.07, 6.45) is -0.667. The Morgan fingerprint density at radius 1 is 1.12 bits per heavy atom. The van der Waals surface area contributed by atoms with Crippen LogP contribution in [0.2, 0.25) is 0 Å². The van der Waals surface area contributed by atoms with Crippen molar-refractivity contribution in [2.45, 2.75) is 11.8 Å². The molecule has 0 aliphatic carbocycles. The first kappa shape index (κ1) is 17.7. The van der Waals surface area contributed by atoms with Crippen LogP contribution in [0.15, 0.2) is 47.4 Å². The molecule has 128 valence electrons. The van der Waals surface area contributed by atoms with Gasteiger partial charge in [-0.05, 0) is 43.3 Å². The Labute approximate surface area is 137 Å². The van der Waals surface area contributed by atoms with Crippen LogP contribution in [0, 0.1) is 11.6 Å². The van der Waals surface area contributed by atoms with Crippen molar-refractivity contribution >= 4 is 27.5 Å². The molecule has 6 nitrogen and oxygen atoms in total. The molecule has 0 atom stereocenters. The topological polar surface area (TPSA) is 84.5 Å². The van der Waals surface area contributed by atoms with Crippen molar-refractivity contribution in [1.82, 2.24) is 0 Å². The van der Waals surface area contributed by atoms with E-state index in [0.717, 1.165) is 12.1 Å². The van der Waals surface area contributed by atoms with E-state index in [1.165, 1.54) is 24.3 Å². The van der Waals surface area contributed by atoms with Gasteiger partial charge in [-0.1, -0.05) is 0 Å². The molecule has 0 saturated carbocycles. The van der Waals surface area contributed by atoms with Gasteiger partial charge < -0.3 is 4.74 Å². The minimum atomic E-state index is -4.06. The molecule has 0 spiro atoms. The summed E-state index contributed by atoms with van der Waals surface area (Å²) < 4.78 is 57.5.